The second kappa shape index (κ2) is 8.18. The first-order chi connectivity index (χ1) is 13.6. The molecule has 1 aliphatic carbocycles. The number of aliphatic imine (C=N–C) groups is 1. The molecule has 1 N–H and O–H groups in total. The highest BCUT2D eigenvalue weighted by molar-refractivity contribution is 8.14. The van der Waals surface area contributed by atoms with Crippen LogP contribution < -0.4 is 10.1 Å². The average molecular weight is 401 g/mol. The third-order valence-electron chi connectivity index (χ3n) is 4.80. The van der Waals surface area contributed by atoms with Gasteiger partial charge in [0.25, 0.3) is 5.37 Å². The maximum atomic E-state index is 13.0. The molecule has 146 valence electrons. The van der Waals surface area contributed by atoms with Crippen molar-refractivity contribution in [3.05, 3.63) is 75.6 Å². The second-order valence-electron chi connectivity index (χ2n) is 6.95. The first-order valence-corrected chi connectivity index (χ1v) is 10.0. The SMILES string of the molecule is O=[N+]([O-])C1CN=C(NC(c2ccc(OCc3ccc(F)cc3)cc2)C2CC2)S1. The Hall–Kier alpha value is -2.61. The molecule has 0 amide bonds. The van der Waals surface area contributed by atoms with E-state index >= 15 is 0 Å². The van der Waals surface area contributed by atoms with E-state index in [1.807, 2.05) is 24.3 Å². The smallest absolute Gasteiger partial charge is 0.284 e. The number of nitrogens with zero attached hydrogens (tertiary/aromatic N) is 2. The minimum Gasteiger partial charge on any atom is -0.489 e. The Labute approximate surface area is 166 Å². The van der Waals surface area contributed by atoms with Gasteiger partial charge in [-0.2, -0.15) is 0 Å². The Bertz CT molecular complexity index is 869. The van der Waals surface area contributed by atoms with Gasteiger partial charge in [-0.3, -0.25) is 15.1 Å². The number of halogens is 1. The first-order valence-electron chi connectivity index (χ1n) is 9.17. The Kier molecular flexibility index (Phi) is 5.47. The van der Waals surface area contributed by atoms with Crippen LogP contribution in [0.1, 0.15) is 30.0 Å². The van der Waals surface area contributed by atoms with Gasteiger partial charge < -0.3 is 10.1 Å². The van der Waals surface area contributed by atoms with E-state index in [4.69, 9.17) is 4.74 Å². The summed E-state index contributed by atoms with van der Waals surface area (Å²) in [5, 5.41) is 14.3. The van der Waals surface area contributed by atoms with Gasteiger partial charge in [0.2, 0.25) is 0 Å². The number of nitrogens with one attached hydrogen (secondary N) is 1. The van der Waals surface area contributed by atoms with Crippen LogP contribution in [-0.2, 0) is 6.61 Å². The van der Waals surface area contributed by atoms with Crippen molar-refractivity contribution in [3.63, 3.8) is 0 Å². The maximum Gasteiger partial charge on any atom is 0.284 e. The van der Waals surface area contributed by atoms with Gasteiger partial charge in [-0.15, -0.1) is 0 Å². The van der Waals surface area contributed by atoms with Crippen LogP contribution in [0.25, 0.3) is 0 Å². The van der Waals surface area contributed by atoms with Crippen LogP contribution in [0.15, 0.2) is 53.5 Å². The molecule has 0 spiro atoms. The molecule has 4 rings (SSSR count). The summed E-state index contributed by atoms with van der Waals surface area (Å²) >= 11 is 1.19. The summed E-state index contributed by atoms with van der Waals surface area (Å²) in [4.78, 5) is 14.9. The van der Waals surface area contributed by atoms with Crippen molar-refractivity contribution in [2.75, 3.05) is 6.54 Å². The van der Waals surface area contributed by atoms with Gasteiger partial charge in [0, 0.05) is 4.92 Å². The van der Waals surface area contributed by atoms with Crippen molar-refractivity contribution in [2.45, 2.75) is 30.9 Å². The fourth-order valence-corrected chi connectivity index (χ4v) is 3.95. The normalized spacial score (nSPS) is 19.8. The lowest BCUT2D eigenvalue weighted by atomic mass is 10.0. The zero-order chi connectivity index (χ0) is 19.5. The Balaban J connectivity index is 1.37. The fourth-order valence-electron chi connectivity index (χ4n) is 3.11. The molecule has 2 aromatic carbocycles. The van der Waals surface area contributed by atoms with Gasteiger partial charge in [0.1, 0.15) is 24.7 Å². The minimum absolute atomic E-state index is 0.0999. The molecule has 0 saturated heterocycles. The highest BCUT2D eigenvalue weighted by atomic mass is 32.2. The molecular weight excluding hydrogens is 381 g/mol. The zero-order valence-electron chi connectivity index (χ0n) is 15.1. The summed E-state index contributed by atoms with van der Waals surface area (Å²) < 4.78 is 18.7. The van der Waals surface area contributed by atoms with Gasteiger partial charge in [0.05, 0.1) is 6.04 Å². The van der Waals surface area contributed by atoms with Crippen molar-refractivity contribution in [2.24, 2.45) is 10.9 Å². The quantitative estimate of drug-likeness (QED) is 0.557. The summed E-state index contributed by atoms with van der Waals surface area (Å²) in [7, 11) is 0. The molecule has 0 bridgehead atoms. The molecule has 1 saturated carbocycles. The van der Waals surface area contributed by atoms with Crippen molar-refractivity contribution in [3.8, 4) is 5.75 Å². The molecule has 28 heavy (non-hydrogen) atoms. The van der Waals surface area contributed by atoms with E-state index in [-0.39, 0.29) is 23.3 Å². The number of hydrogen-bond donors (Lipinski definition) is 1. The first kappa shape index (κ1) is 18.7. The largest absolute Gasteiger partial charge is 0.489 e. The Morgan fingerprint density at radius 1 is 1.21 bits per heavy atom. The average Bonchev–Trinajstić information content (AvgIpc) is 3.43. The van der Waals surface area contributed by atoms with E-state index in [2.05, 4.69) is 10.3 Å². The van der Waals surface area contributed by atoms with Crippen LogP contribution in [0.5, 0.6) is 5.75 Å². The number of nitro groups is 1. The van der Waals surface area contributed by atoms with Crippen molar-refractivity contribution in [1.29, 1.82) is 0 Å². The van der Waals surface area contributed by atoms with Gasteiger partial charge >= 0.3 is 0 Å². The van der Waals surface area contributed by atoms with Crippen LogP contribution in [-0.4, -0.2) is 22.0 Å². The van der Waals surface area contributed by atoms with E-state index in [9.17, 15) is 14.5 Å². The number of ether oxygens (including phenoxy) is 1. The molecule has 6 nitrogen and oxygen atoms in total. The highest BCUT2D eigenvalue weighted by Crippen LogP contribution is 2.42. The minimum atomic E-state index is -0.690. The van der Waals surface area contributed by atoms with Crippen molar-refractivity contribution in [1.82, 2.24) is 5.32 Å². The number of thioether (sulfide) groups is 1. The predicted octanol–water partition coefficient (Wildman–Crippen LogP) is 4.15. The molecule has 0 aromatic heterocycles. The van der Waals surface area contributed by atoms with Crippen LogP contribution in [0.2, 0.25) is 0 Å². The van der Waals surface area contributed by atoms with Crippen molar-refractivity contribution >= 4 is 16.9 Å². The summed E-state index contributed by atoms with van der Waals surface area (Å²) in [6, 6.07) is 14.2. The monoisotopic (exact) mass is 401 g/mol. The van der Waals surface area contributed by atoms with Gasteiger partial charge in [-0.1, -0.05) is 24.3 Å². The molecule has 2 aliphatic rings. The van der Waals surface area contributed by atoms with E-state index in [1.54, 1.807) is 12.1 Å². The maximum absolute atomic E-state index is 13.0. The summed E-state index contributed by atoms with van der Waals surface area (Å²) in [5.74, 6) is 0.994. The lowest BCUT2D eigenvalue weighted by Gasteiger charge is -2.20. The van der Waals surface area contributed by atoms with Gasteiger partial charge in [0.15, 0.2) is 5.17 Å². The van der Waals surface area contributed by atoms with E-state index < -0.39 is 5.37 Å². The van der Waals surface area contributed by atoms with Crippen LogP contribution in [0.3, 0.4) is 0 Å². The fraction of sp³-hybridized carbons (Fsp3) is 0.350. The molecule has 0 radical (unpaired) electrons. The number of benzene rings is 2. The topological polar surface area (TPSA) is 76.8 Å². The van der Waals surface area contributed by atoms with E-state index in [1.165, 1.54) is 23.9 Å². The Morgan fingerprint density at radius 2 is 1.93 bits per heavy atom. The lowest BCUT2D eigenvalue weighted by Crippen LogP contribution is -2.27. The summed E-state index contributed by atoms with van der Waals surface area (Å²) in [5.41, 5.74) is 2.02. The van der Waals surface area contributed by atoms with Crippen LogP contribution in [0, 0.1) is 21.8 Å². The number of hydrogen-bond acceptors (Lipinski definition) is 6. The van der Waals surface area contributed by atoms with Crippen molar-refractivity contribution < 1.29 is 14.1 Å². The van der Waals surface area contributed by atoms with E-state index in [0.717, 1.165) is 29.7 Å². The third kappa shape index (κ3) is 4.62. The molecular formula is C20H20FN3O3S. The van der Waals surface area contributed by atoms with E-state index in [0.29, 0.717) is 17.7 Å². The molecule has 1 aliphatic heterocycles. The predicted molar refractivity (Wildman–Crippen MR) is 106 cm³/mol. The third-order valence-corrected chi connectivity index (χ3v) is 5.87. The van der Waals surface area contributed by atoms with Crippen LogP contribution >= 0.6 is 11.8 Å². The van der Waals surface area contributed by atoms with Gasteiger partial charge in [-0.25, -0.2) is 4.39 Å². The molecule has 2 unspecified atom stereocenters. The number of rotatable bonds is 7. The summed E-state index contributed by atoms with van der Waals surface area (Å²) in [6.45, 7) is 0.590. The molecule has 8 heteroatoms. The second-order valence-corrected chi connectivity index (χ2v) is 8.11. The highest BCUT2D eigenvalue weighted by Gasteiger charge is 2.36. The van der Waals surface area contributed by atoms with Crippen LogP contribution in [0.4, 0.5) is 4.39 Å². The molecule has 2 atom stereocenters. The zero-order valence-corrected chi connectivity index (χ0v) is 15.9. The van der Waals surface area contributed by atoms with Gasteiger partial charge in [-0.05, 0) is 65.9 Å². The standard InChI is InChI=1S/C20H20FN3O3S/c21-16-7-1-13(2-8-16)12-27-17-9-5-15(6-10-17)19(14-3-4-14)23-20-22-11-18(28-20)24(25)26/h1-2,5-10,14,18-19H,3-4,11-12H2,(H,22,23). The molecule has 2 aromatic rings. The molecule has 1 heterocycles. The lowest BCUT2D eigenvalue weighted by molar-refractivity contribution is -0.491. The Morgan fingerprint density at radius 3 is 2.54 bits per heavy atom. The number of amidine groups is 1. The summed E-state index contributed by atoms with van der Waals surface area (Å²) in [6.07, 6.45) is 2.27. The molecule has 1 fully saturated rings.